The first kappa shape index (κ1) is 11.0. The number of amidine groups is 1. The molecular weight excluding hydrogens is 188 g/mol. The fourth-order valence-corrected chi connectivity index (χ4v) is 1.14. The van der Waals surface area contributed by atoms with Crippen molar-refractivity contribution in [3.05, 3.63) is 47.7 Å². The van der Waals surface area contributed by atoms with Crippen LogP contribution in [0.1, 0.15) is 22.8 Å². The molecule has 0 saturated heterocycles. The summed E-state index contributed by atoms with van der Waals surface area (Å²) in [6, 6.07) is 7.14. The Morgan fingerprint density at radius 3 is 2.73 bits per heavy atom. The van der Waals surface area contributed by atoms with E-state index in [2.05, 4.69) is 16.7 Å². The predicted octanol–water partition coefficient (Wildman–Crippen LogP) is 2.48. The molecule has 1 aromatic rings. The van der Waals surface area contributed by atoms with E-state index in [9.17, 15) is 4.79 Å². The molecule has 0 aliphatic rings. The second kappa shape index (κ2) is 5.65. The van der Waals surface area contributed by atoms with Crippen molar-refractivity contribution in [2.45, 2.75) is 6.92 Å². The van der Waals surface area contributed by atoms with E-state index in [1.54, 1.807) is 30.5 Å². The maximum atomic E-state index is 10.8. The first-order valence-corrected chi connectivity index (χ1v) is 4.53. The molecule has 0 N–H and O–H groups in total. The molecule has 1 aromatic carbocycles. The zero-order chi connectivity index (χ0) is 11.1. The minimum atomic E-state index is 0.454. The van der Waals surface area contributed by atoms with E-state index in [0.29, 0.717) is 17.0 Å². The fraction of sp³-hybridized carbons (Fsp3) is 0.0833. The molecule has 0 saturated carbocycles. The van der Waals surface area contributed by atoms with Gasteiger partial charge in [0.05, 0.1) is 0 Å². The summed E-state index contributed by atoms with van der Waals surface area (Å²) in [5, 5.41) is 0. The number of nitrogens with zero attached hydrogens (tertiary/aromatic N) is 2. The molecular formula is C12H12N2O. The van der Waals surface area contributed by atoms with Crippen LogP contribution in [0.5, 0.6) is 0 Å². The van der Waals surface area contributed by atoms with Crippen LogP contribution in [0.25, 0.3) is 0 Å². The molecule has 0 unspecified atom stereocenters. The molecule has 0 atom stereocenters. The summed E-state index contributed by atoms with van der Waals surface area (Å²) < 4.78 is 0. The highest BCUT2D eigenvalue weighted by Gasteiger charge is 2.05. The van der Waals surface area contributed by atoms with Gasteiger partial charge in [0.15, 0.2) is 12.1 Å². The standard InChI is InChI=1S/C12H12N2O/c1-3-8-14-12(13-2)11-7-5-4-6-10(11)9-15/h3-9H,2H2,1H3/b8-3-,14-12?. The molecule has 0 aromatic heterocycles. The van der Waals surface area contributed by atoms with Crippen molar-refractivity contribution in [3.63, 3.8) is 0 Å². The molecule has 0 radical (unpaired) electrons. The number of carbonyl (C=O) groups is 1. The van der Waals surface area contributed by atoms with Gasteiger partial charge < -0.3 is 0 Å². The van der Waals surface area contributed by atoms with Crippen molar-refractivity contribution in [2.24, 2.45) is 9.98 Å². The summed E-state index contributed by atoms with van der Waals surface area (Å²) in [4.78, 5) is 18.7. The van der Waals surface area contributed by atoms with Crippen molar-refractivity contribution >= 4 is 18.8 Å². The molecule has 0 bridgehead atoms. The Kier molecular flexibility index (Phi) is 4.16. The summed E-state index contributed by atoms with van der Waals surface area (Å²) in [5.41, 5.74) is 1.26. The average Bonchev–Trinajstić information content (AvgIpc) is 2.30. The van der Waals surface area contributed by atoms with Crippen molar-refractivity contribution < 1.29 is 4.79 Å². The molecule has 0 aliphatic heterocycles. The number of benzene rings is 1. The Morgan fingerprint density at radius 1 is 1.40 bits per heavy atom. The van der Waals surface area contributed by atoms with Gasteiger partial charge in [-0.15, -0.1) is 0 Å². The summed E-state index contributed by atoms with van der Waals surface area (Å²) in [7, 11) is 0. The highest BCUT2D eigenvalue weighted by Crippen LogP contribution is 2.08. The Labute approximate surface area is 88.9 Å². The van der Waals surface area contributed by atoms with Gasteiger partial charge in [-0.1, -0.05) is 30.3 Å². The first-order valence-electron chi connectivity index (χ1n) is 4.53. The van der Waals surface area contributed by atoms with Gasteiger partial charge in [0.2, 0.25) is 0 Å². The van der Waals surface area contributed by atoms with Crippen LogP contribution in [-0.4, -0.2) is 18.8 Å². The van der Waals surface area contributed by atoms with Crippen LogP contribution < -0.4 is 0 Å². The van der Waals surface area contributed by atoms with Crippen molar-refractivity contribution in [1.82, 2.24) is 0 Å². The molecule has 1 rings (SSSR count). The third kappa shape index (κ3) is 2.71. The van der Waals surface area contributed by atoms with Crippen molar-refractivity contribution in [1.29, 1.82) is 0 Å². The second-order valence-corrected chi connectivity index (χ2v) is 2.80. The SMILES string of the molecule is C=NC(=N/C=C\C)c1ccccc1C=O. The monoisotopic (exact) mass is 200 g/mol. The number of carbonyl (C=O) groups excluding carboxylic acids is 1. The normalized spacial score (nSPS) is 11.7. The summed E-state index contributed by atoms with van der Waals surface area (Å²) in [6.45, 7) is 5.29. The lowest BCUT2D eigenvalue weighted by Crippen LogP contribution is -2.00. The third-order valence-corrected chi connectivity index (χ3v) is 1.82. The largest absolute Gasteiger partial charge is 0.298 e. The van der Waals surface area contributed by atoms with Gasteiger partial charge >= 0.3 is 0 Å². The number of allylic oxidation sites excluding steroid dienone is 1. The molecule has 0 aliphatic carbocycles. The highest BCUT2D eigenvalue weighted by atomic mass is 16.1. The number of aldehydes is 1. The summed E-state index contributed by atoms with van der Waals surface area (Å²) in [6.07, 6.45) is 4.19. The fourth-order valence-electron chi connectivity index (χ4n) is 1.14. The van der Waals surface area contributed by atoms with E-state index in [1.165, 1.54) is 0 Å². The molecule has 3 heteroatoms. The first-order chi connectivity index (χ1) is 7.33. The smallest absolute Gasteiger partial charge is 0.159 e. The van der Waals surface area contributed by atoms with E-state index in [1.807, 2.05) is 13.0 Å². The Hall–Kier alpha value is -2.03. The average molecular weight is 200 g/mol. The lowest BCUT2D eigenvalue weighted by molar-refractivity contribution is 0.112. The zero-order valence-corrected chi connectivity index (χ0v) is 8.55. The Bertz CT molecular complexity index is 419. The van der Waals surface area contributed by atoms with Gasteiger partial charge in [0, 0.05) is 17.3 Å². The van der Waals surface area contributed by atoms with E-state index in [-0.39, 0.29) is 0 Å². The van der Waals surface area contributed by atoms with E-state index < -0.39 is 0 Å². The zero-order valence-electron chi connectivity index (χ0n) is 8.55. The quantitative estimate of drug-likeness (QED) is 0.420. The minimum Gasteiger partial charge on any atom is -0.298 e. The van der Waals surface area contributed by atoms with Crippen molar-refractivity contribution in [3.8, 4) is 0 Å². The number of rotatable bonds is 3. The summed E-state index contributed by atoms with van der Waals surface area (Å²) >= 11 is 0. The third-order valence-electron chi connectivity index (χ3n) is 1.82. The van der Waals surface area contributed by atoms with Crippen LogP contribution in [0.4, 0.5) is 0 Å². The molecule has 76 valence electrons. The van der Waals surface area contributed by atoms with Gasteiger partial charge in [-0.05, 0) is 13.6 Å². The van der Waals surface area contributed by atoms with Crippen molar-refractivity contribution in [2.75, 3.05) is 0 Å². The molecule has 0 spiro atoms. The van der Waals surface area contributed by atoms with E-state index in [0.717, 1.165) is 6.29 Å². The molecule has 15 heavy (non-hydrogen) atoms. The van der Waals surface area contributed by atoms with Gasteiger partial charge in [-0.2, -0.15) is 0 Å². The number of hydrogen-bond donors (Lipinski definition) is 0. The highest BCUT2D eigenvalue weighted by molar-refractivity contribution is 6.06. The van der Waals surface area contributed by atoms with Gasteiger partial charge in [-0.25, -0.2) is 9.98 Å². The molecule has 0 amide bonds. The van der Waals surface area contributed by atoms with Gasteiger partial charge in [0.25, 0.3) is 0 Å². The van der Waals surface area contributed by atoms with E-state index in [4.69, 9.17) is 0 Å². The predicted molar refractivity (Wildman–Crippen MR) is 62.7 cm³/mol. The lowest BCUT2D eigenvalue weighted by Gasteiger charge is -2.01. The summed E-state index contributed by atoms with van der Waals surface area (Å²) in [5.74, 6) is 0.454. The topological polar surface area (TPSA) is 41.8 Å². The lowest BCUT2D eigenvalue weighted by atomic mass is 10.1. The molecule has 3 nitrogen and oxygen atoms in total. The van der Waals surface area contributed by atoms with Crippen LogP contribution in [0.3, 0.4) is 0 Å². The van der Waals surface area contributed by atoms with E-state index >= 15 is 0 Å². The van der Waals surface area contributed by atoms with Crippen LogP contribution in [0.15, 0.2) is 46.5 Å². The molecule has 0 fully saturated rings. The van der Waals surface area contributed by atoms with Crippen LogP contribution in [0.2, 0.25) is 0 Å². The minimum absolute atomic E-state index is 0.454. The van der Waals surface area contributed by atoms with Gasteiger partial charge in [0.1, 0.15) is 0 Å². The Balaban J connectivity index is 3.23. The maximum absolute atomic E-state index is 10.8. The number of hydrogen-bond acceptors (Lipinski definition) is 2. The maximum Gasteiger partial charge on any atom is 0.159 e. The van der Waals surface area contributed by atoms with Crippen LogP contribution in [0, 0.1) is 0 Å². The number of aliphatic imine (C=N–C) groups is 2. The second-order valence-electron chi connectivity index (χ2n) is 2.80. The van der Waals surface area contributed by atoms with Crippen LogP contribution >= 0.6 is 0 Å². The van der Waals surface area contributed by atoms with Gasteiger partial charge in [-0.3, -0.25) is 4.79 Å². The Morgan fingerprint density at radius 2 is 2.13 bits per heavy atom. The molecule has 0 heterocycles. The van der Waals surface area contributed by atoms with Crippen LogP contribution in [-0.2, 0) is 0 Å².